The number of anilines is 1. The van der Waals surface area contributed by atoms with Gasteiger partial charge in [0.2, 0.25) is 0 Å². The van der Waals surface area contributed by atoms with E-state index in [-0.39, 0.29) is 21.9 Å². The Labute approximate surface area is 102 Å². The summed E-state index contributed by atoms with van der Waals surface area (Å²) in [6, 6.07) is 3.88. The third-order valence-corrected chi connectivity index (χ3v) is 2.03. The zero-order chi connectivity index (χ0) is 13.0. The quantitative estimate of drug-likeness (QED) is 0.542. The summed E-state index contributed by atoms with van der Waals surface area (Å²) in [5.41, 5.74) is 5.65. The van der Waals surface area contributed by atoms with Crippen molar-refractivity contribution in [2.45, 2.75) is 0 Å². The van der Waals surface area contributed by atoms with Gasteiger partial charge in [0.05, 0.1) is 23.9 Å². The van der Waals surface area contributed by atoms with Crippen molar-refractivity contribution in [1.29, 1.82) is 0 Å². The molecule has 0 heterocycles. The van der Waals surface area contributed by atoms with Crippen molar-refractivity contribution in [2.24, 2.45) is 5.73 Å². The minimum Gasteiger partial charge on any atom is -0.478 e. The SMILES string of the molecule is COC(=O)c1ccc(C(=O)O)cc1NC(N)=S. The number of carbonyl (C=O) groups excluding carboxylic acids is 1. The zero-order valence-corrected chi connectivity index (χ0v) is 9.71. The van der Waals surface area contributed by atoms with Crippen LogP contribution in [0.4, 0.5) is 5.69 Å². The zero-order valence-electron chi connectivity index (χ0n) is 8.89. The number of methoxy groups -OCH3 is 1. The lowest BCUT2D eigenvalue weighted by molar-refractivity contribution is 0.0600. The maximum atomic E-state index is 11.4. The van der Waals surface area contributed by atoms with Gasteiger partial charge >= 0.3 is 11.9 Å². The molecule has 0 radical (unpaired) electrons. The number of nitrogens with one attached hydrogen (secondary N) is 1. The third kappa shape index (κ3) is 3.15. The van der Waals surface area contributed by atoms with Crippen molar-refractivity contribution in [3.63, 3.8) is 0 Å². The monoisotopic (exact) mass is 254 g/mol. The number of hydrogen-bond acceptors (Lipinski definition) is 4. The molecular formula is C10H10N2O4S. The van der Waals surface area contributed by atoms with E-state index in [1.165, 1.54) is 25.3 Å². The topological polar surface area (TPSA) is 102 Å². The van der Waals surface area contributed by atoms with Crippen LogP contribution in [-0.2, 0) is 4.74 Å². The van der Waals surface area contributed by atoms with Gasteiger partial charge in [-0.15, -0.1) is 0 Å². The van der Waals surface area contributed by atoms with E-state index in [0.29, 0.717) is 0 Å². The second-order valence-electron chi connectivity index (χ2n) is 3.05. The summed E-state index contributed by atoms with van der Waals surface area (Å²) in [5, 5.41) is 11.3. The summed E-state index contributed by atoms with van der Waals surface area (Å²) < 4.78 is 4.55. The van der Waals surface area contributed by atoms with Gasteiger partial charge in [-0.3, -0.25) is 0 Å². The number of ether oxygens (including phenoxy) is 1. The molecule has 0 bridgehead atoms. The molecule has 0 saturated carbocycles. The Kier molecular flexibility index (Phi) is 4.00. The lowest BCUT2D eigenvalue weighted by atomic mass is 10.1. The Morgan fingerprint density at radius 2 is 2.12 bits per heavy atom. The molecule has 1 rings (SSSR count). The molecule has 0 aliphatic rings. The van der Waals surface area contributed by atoms with Crippen LogP contribution >= 0.6 is 12.2 Å². The second kappa shape index (κ2) is 5.26. The Bertz CT molecular complexity index is 487. The van der Waals surface area contributed by atoms with Gasteiger partial charge in [0.25, 0.3) is 0 Å². The molecule has 7 heteroatoms. The van der Waals surface area contributed by atoms with E-state index in [1.54, 1.807) is 0 Å². The van der Waals surface area contributed by atoms with Crippen LogP contribution in [0.2, 0.25) is 0 Å². The Hall–Kier alpha value is -2.15. The molecule has 0 spiro atoms. The van der Waals surface area contributed by atoms with E-state index in [4.69, 9.17) is 10.8 Å². The molecule has 1 aromatic rings. The molecule has 90 valence electrons. The maximum absolute atomic E-state index is 11.4. The highest BCUT2D eigenvalue weighted by molar-refractivity contribution is 7.80. The predicted octanol–water partition coefficient (Wildman–Crippen LogP) is 0.827. The number of esters is 1. The van der Waals surface area contributed by atoms with E-state index < -0.39 is 11.9 Å². The highest BCUT2D eigenvalue weighted by Crippen LogP contribution is 2.19. The molecule has 0 aromatic heterocycles. The number of aromatic carboxylic acids is 1. The predicted molar refractivity (Wildman–Crippen MR) is 65.1 cm³/mol. The number of nitrogens with two attached hydrogens (primary N) is 1. The van der Waals surface area contributed by atoms with E-state index in [0.717, 1.165) is 0 Å². The van der Waals surface area contributed by atoms with Gasteiger partial charge in [-0.1, -0.05) is 0 Å². The largest absolute Gasteiger partial charge is 0.478 e. The first-order valence-electron chi connectivity index (χ1n) is 4.48. The number of carbonyl (C=O) groups is 2. The normalized spacial score (nSPS) is 9.47. The van der Waals surface area contributed by atoms with Crippen molar-refractivity contribution in [3.8, 4) is 0 Å². The van der Waals surface area contributed by atoms with E-state index in [1.807, 2.05) is 0 Å². The number of thiocarbonyl (C=S) groups is 1. The Morgan fingerprint density at radius 3 is 2.59 bits per heavy atom. The summed E-state index contributed by atoms with van der Waals surface area (Å²) in [6.45, 7) is 0. The fourth-order valence-electron chi connectivity index (χ4n) is 1.20. The highest BCUT2D eigenvalue weighted by atomic mass is 32.1. The maximum Gasteiger partial charge on any atom is 0.339 e. The summed E-state index contributed by atoms with van der Waals surface area (Å²) >= 11 is 4.64. The lowest BCUT2D eigenvalue weighted by Gasteiger charge is -2.10. The average molecular weight is 254 g/mol. The summed E-state index contributed by atoms with van der Waals surface area (Å²) in [5.74, 6) is -1.73. The van der Waals surface area contributed by atoms with Crippen LogP contribution in [0.1, 0.15) is 20.7 Å². The number of benzene rings is 1. The lowest BCUT2D eigenvalue weighted by Crippen LogP contribution is -2.21. The van der Waals surface area contributed by atoms with Crippen molar-refractivity contribution in [1.82, 2.24) is 0 Å². The molecular weight excluding hydrogens is 244 g/mol. The molecule has 0 aliphatic heterocycles. The number of carboxylic acids is 1. The second-order valence-corrected chi connectivity index (χ2v) is 3.49. The molecule has 1 aromatic carbocycles. The van der Waals surface area contributed by atoms with Crippen LogP contribution in [0, 0.1) is 0 Å². The van der Waals surface area contributed by atoms with E-state index in [9.17, 15) is 9.59 Å². The van der Waals surface area contributed by atoms with E-state index >= 15 is 0 Å². The van der Waals surface area contributed by atoms with Crippen molar-refractivity contribution in [2.75, 3.05) is 12.4 Å². The van der Waals surface area contributed by atoms with Crippen molar-refractivity contribution < 1.29 is 19.4 Å². The Balaban J connectivity index is 3.25. The van der Waals surface area contributed by atoms with Crippen molar-refractivity contribution >= 4 is 35.0 Å². The molecule has 0 unspecified atom stereocenters. The number of hydrogen-bond donors (Lipinski definition) is 3. The molecule has 6 nitrogen and oxygen atoms in total. The first-order valence-corrected chi connectivity index (χ1v) is 4.88. The first-order chi connectivity index (χ1) is 7.95. The van der Waals surface area contributed by atoms with E-state index in [2.05, 4.69) is 22.3 Å². The standard InChI is InChI=1S/C10H10N2O4S/c1-16-9(15)6-3-2-5(8(13)14)4-7(6)12-10(11)17/h2-4H,1H3,(H,13,14)(H3,11,12,17). The van der Waals surface area contributed by atoms with Gasteiger partial charge in [-0.25, -0.2) is 9.59 Å². The van der Waals surface area contributed by atoms with Crippen LogP contribution in [0.3, 0.4) is 0 Å². The average Bonchev–Trinajstić information content (AvgIpc) is 2.27. The first kappa shape index (κ1) is 12.9. The fourth-order valence-corrected chi connectivity index (χ4v) is 1.31. The van der Waals surface area contributed by atoms with Crippen molar-refractivity contribution in [3.05, 3.63) is 29.3 Å². The van der Waals surface area contributed by atoms with Crippen LogP contribution in [0.25, 0.3) is 0 Å². The van der Waals surface area contributed by atoms with Gasteiger partial charge in [0, 0.05) is 0 Å². The molecule has 17 heavy (non-hydrogen) atoms. The summed E-state index contributed by atoms with van der Waals surface area (Å²) in [4.78, 5) is 22.2. The molecule has 0 saturated heterocycles. The molecule has 0 atom stereocenters. The third-order valence-electron chi connectivity index (χ3n) is 1.93. The van der Waals surface area contributed by atoms with Gasteiger partial charge in [0.1, 0.15) is 0 Å². The van der Waals surface area contributed by atoms with Crippen LogP contribution < -0.4 is 11.1 Å². The van der Waals surface area contributed by atoms with Crippen LogP contribution in [0.15, 0.2) is 18.2 Å². The molecule has 0 amide bonds. The fraction of sp³-hybridized carbons (Fsp3) is 0.100. The summed E-state index contributed by atoms with van der Waals surface area (Å²) in [6.07, 6.45) is 0. The van der Waals surface area contributed by atoms with Crippen LogP contribution in [0.5, 0.6) is 0 Å². The highest BCUT2D eigenvalue weighted by Gasteiger charge is 2.14. The number of rotatable bonds is 3. The minimum atomic E-state index is -1.12. The molecule has 0 fully saturated rings. The van der Waals surface area contributed by atoms with Gasteiger partial charge < -0.3 is 20.9 Å². The molecule has 4 N–H and O–H groups in total. The van der Waals surface area contributed by atoms with Gasteiger partial charge in [-0.05, 0) is 30.4 Å². The Morgan fingerprint density at radius 1 is 1.47 bits per heavy atom. The van der Waals surface area contributed by atoms with Gasteiger partial charge in [0.15, 0.2) is 5.11 Å². The molecule has 0 aliphatic carbocycles. The number of carboxylic acid groups (broad SMARTS) is 1. The van der Waals surface area contributed by atoms with Crippen LogP contribution in [-0.4, -0.2) is 29.3 Å². The smallest absolute Gasteiger partial charge is 0.339 e. The minimum absolute atomic E-state index is 0.0106. The summed E-state index contributed by atoms with van der Waals surface area (Å²) in [7, 11) is 1.22. The van der Waals surface area contributed by atoms with Gasteiger partial charge in [-0.2, -0.15) is 0 Å².